The van der Waals surface area contributed by atoms with Crippen LogP contribution in [0, 0.1) is 0 Å². The molecule has 1 aromatic rings. The minimum Gasteiger partial charge on any atom is -0.224 e. The Morgan fingerprint density at radius 2 is 1.85 bits per heavy atom. The molecule has 0 heterocycles. The lowest BCUT2D eigenvalue weighted by Crippen LogP contribution is -1.99. The van der Waals surface area contributed by atoms with Crippen LogP contribution >= 0.6 is 0 Å². The van der Waals surface area contributed by atoms with Crippen molar-refractivity contribution in [2.45, 2.75) is 11.8 Å². The molecule has 0 spiro atoms. The first-order valence-corrected chi connectivity index (χ1v) is 5.86. The molecule has 0 fully saturated rings. The van der Waals surface area contributed by atoms with Gasteiger partial charge >= 0.3 is 0 Å². The van der Waals surface area contributed by atoms with Gasteiger partial charge in [-0.1, -0.05) is 30.4 Å². The summed E-state index contributed by atoms with van der Waals surface area (Å²) in [6.07, 6.45) is 4.83. The van der Waals surface area contributed by atoms with Gasteiger partial charge in [-0.15, -0.1) is 0 Å². The molecule has 0 aromatic heterocycles. The van der Waals surface area contributed by atoms with Crippen LogP contribution in [0.1, 0.15) is 12.5 Å². The first kappa shape index (κ1) is 9.99. The van der Waals surface area contributed by atoms with Crippen molar-refractivity contribution in [3.8, 4) is 0 Å². The third-order valence-corrected chi connectivity index (χ3v) is 2.84. The fourth-order valence-corrected chi connectivity index (χ4v) is 2.03. The predicted octanol–water partition coefficient (Wildman–Crippen LogP) is 2.12. The van der Waals surface area contributed by atoms with Crippen LogP contribution in [0.5, 0.6) is 0 Å². The minimum atomic E-state index is -3.11. The highest BCUT2D eigenvalue weighted by molar-refractivity contribution is 7.90. The lowest BCUT2D eigenvalue weighted by atomic mass is 10.2. The van der Waals surface area contributed by atoms with Crippen molar-refractivity contribution in [1.29, 1.82) is 0 Å². The molecule has 0 radical (unpaired) electrons. The van der Waals surface area contributed by atoms with Gasteiger partial charge in [0.15, 0.2) is 9.84 Å². The maximum Gasteiger partial charge on any atom is 0.176 e. The second kappa shape index (κ2) is 3.75. The zero-order valence-electron chi connectivity index (χ0n) is 7.69. The van der Waals surface area contributed by atoms with Crippen LogP contribution in [-0.4, -0.2) is 14.7 Å². The van der Waals surface area contributed by atoms with Gasteiger partial charge in [-0.2, -0.15) is 0 Å². The van der Waals surface area contributed by atoms with E-state index in [4.69, 9.17) is 0 Å². The molecule has 0 saturated heterocycles. The Bertz CT molecular complexity index is 416. The molecule has 0 bridgehead atoms. The molecule has 2 nitrogen and oxygen atoms in total. The van der Waals surface area contributed by atoms with Crippen LogP contribution in [0.4, 0.5) is 0 Å². The summed E-state index contributed by atoms with van der Waals surface area (Å²) in [6, 6.07) is 6.95. The van der Waals surface area contributed by atoms with E-state index in [-0.39, 0.29) is 0 Å². The van der Waals surface area contributed by atoms with Crippen LogP contribution in [0.15, 0.2) is 35.2 Å². The van der Waals surface area contributed by atoms with E-state index in [1.165, 1.54) is 6.26 Å². The number of hydrogen-bond donors (Lipinski definition) is 0. The van der Waals surface area contributed by atoms with Crippen LogP contribution in [0.3, 0.4) is 0 Å². The van der Waals surface area contributed by atoms with Gasteiger partial charge in [0.25, 0.3) is 0 Å². The van der Waals surface area contributed by atoms with E-state index >= 15 is 0 Å². The molecule has 0 saturated carbocycles. The summed E-state index contributed by atoms with van der Waals surface area (Å²) < 4.78 is 22.6. The minimum absolute atomic E-state index is 0.383. The molecule has 13 heavy (non-hydrogen) atoms. The van der Waals surface area contributed by atoms with Gasteiger partial charge < -0.3 is 0 Å². The number of hydrogen-bond acceptors (Lipinski definition) is 2. The molecule has 0 aliphatic rings. The van der Waals surface area contributed by atoms with Crippen LogP contribution in [-0.2, 0) is 9.84 Å². The molecular formula is C10H12O2S. The highest BCUT2D eigenvalue weighted by atomic mass is 32.2. The molecule has 3 heteroatoms. The van der Waals surface area contributed by atoms with Crippen molar-refractivity contribution in [2.75, 3.05) is 6.26 Å². The van der Waals surface area contributed by atoms with Gasteiger partial charge in [-0.05, 0) is 18.6 Å². The Balaban J connectivity index is 3.37. The topological polar surface area (TPSA) is 34.1 Å². The lowest BCUT2D eigenvalue weighted by molar-refractivity contribution is 0.601. The Labute approximate surface area is 78.8 Å². The highest BCUT2D eigenvalue weighted by Crippen LogP contribution is 2.16. The van der Waals surface area contributed by atoms with Gasteiger partial charge in [0.2, 0.25) is 0 Å². The van der Waals surface area contributed by atoms with Gasteiger partial charge in [0, 0.05) is 6.26 Å². The predicted molar refractivity (Wildman–Crippen MR) is 54.3 cm³/mol. The van der Waals surface area contributed by atoms with Crippen LogP contribution in [0.25, 0.3) is 6.08 Å². The van der Waals surface area contributed by atoms with Crippen molar-refractivity contribution in [2.24, 2.45) is 0 Å². The van der Waals surface area contributed by atoms with Crippen LogP contribution in [0.2, 0.25) is 0 Å². The number of allylic oxidation sites excluding steroid dienone is 1. The standard InChI is InChI=1S/C10H12O2S/c1-3-6-9-7-4-5-8-10(9)13(2,11)12/h3-8H,1-2H3/b6-3+. The van der Waals surface area contributed by atoms with Crippen molar-refractivity contribution < 1.29 is 8.42 Å². The van der Waals surface area contributed by atoms with Crippen molar-refractivity contribution in [3.63, 3.8) is 0 Å². The average molecular weight is 196 g/mol. The van der Waals surface area contributed by atoms with Crippen molar-refractivity contribution >= 4 is 15.9 Å². The third-order valence-electron chi connectivity index (χ3n) is 1.66. The SMILES string of the molecule is C/C=C/c1ccccc1S(C)(=O)=O. The monoisotopic (exact) mass is 196 g/mol. The molecular weight excluding hydrogens is 184 g/mol. The fourth-order valence-electron chi connectivity index (χ4n) is 1.14. The molecule has 0 aliphatic heterocycles. The lowest BCUT2D eigenvalue weighted by Gasteiger charge is -2.01. The number of sulfone groups is 1. The van der Waals surface area contributed by atoms with Gasteiger partial charge in [0.05, 0.1) is 4.90 Å². The normalized spacial score (nSPS) is 12.2. The number of benzene rings is 1. The van der Waals surface area contributed by atoms with E-state index in [1.54, 1.807) is 24.3 Å². The molecule has 0 unspecified atom stereocenters. The zero-order valence-corrected chi connectivity index (χ0v) is 8.51. The van der Waals surface area contributed by atoms with E-state index in [0.717, 1.165) is 5.56 Å². The van der Waals surface area contributed by atoms with Crippen molar-refractivity contribution in [3.05, 3.63) is 35.9 Å². The first-order chi connectivity index (χ1) is 6.05. The maximum atomic E-state index is 11.3. The molecule has 0 aliphatic carbocycles. The van der Waals surface area contributed by atoms with E-state index in [0.29, 0.717) is 4.90 Å². The quantitative estimate of drug-likeness (QED) is 0.726. The van der Waals surface area contributed by atoms with Gasteiger partial charge in [-0.25, -0.2) is 8.42 Å². The molecule has 1 aromatic carbocycles. The summed E-state index contributed by atoms with van der Waals surface area (Å²) in [7, 11) is -3.11. The van der Waals surface area contributed by atoms with Gasteiger partial charge in [0.1, 0.15) is 0 Å². The molecule has 70 valence electrons. The van der Waals surface area contributed by atoms with E-state index in [2.05, 4.69) is 0 Å². The smallest absolute Gasteiger partial charge is 0.176 e. The number of rotatable bonds is 2. The Morgan fingerprint density at radius 1 is 1.23 bits per heavy atom. The fraction of sp³-hybridized carbons (Fsp3) is 0.200. The summed E-state index contributed by atoms with van der Waals surface area (Å²) in [5.74, 6) is 0. The van der Waals surface area contributed by atoms with E-state index in [9.17, 15) is 8.42 Å². The Kier molecular flexibility index (Phi) is 2.88. The zero-order chi connectivity index (χ0) is 9.90. The second-order valence-electron chi connectivity index (χ2n) is 2.81. The Morgan fingerprint density at radius 3 is 2.38 bits per heavy atom. The highest BCUT2D eigenvalue weighted by Gasteiger charge is 2.09. The summed E-state index contributed by atoms with van der Waals surface area (Å²) in [6.45, 7) is 1.86. The largest absolute Gasteiger partial charge is 0.224 e. The maximum absolute atomic E-state index is 11.3. The summed E-state index contributed by atoms with van der Waals surface area (Å²) in [5.41, 5.74) is 0.743. The van der Waals surface area contributed by atoms with E-state index in [1.807, 2.05) is 19.1 Å². The van der Waals surface area contributed by atoms with Crippen molar-refractivity contribution in [1.82, 2.24) is 0 Å². The van der Waals surface area contributed by atoms with Gasteiger partial charge in [-0.3, -0.25) is 0 Å². The molecule has 0 amide bonds. The molecule has 0 atom stereocenters. The first-order valence-electron chi connectivity index (χ1n) is 3.97. The summed E-state index contributed by atoms with van der Waals surface area (Å²) in [5, 5.41) is 0. The molecule has 0 N–H and O–H groups in total. The Hall–Kier alpha value is -1.09. The van der Waals surface area contributed by atoms with Crippen LogP contribution < -0.4 is 0 Å². The summed E-state index contributed by atoms with van der Waals surface area (Å²) >= 11 is 0. The summed E-state index contributed by atoms with van der Waals surface area (Å²) in [4.78, 5) is 0.383. The third kappa shape index (κ3) is 2.42. The van der Waals surface area contributed by atoms with E-state index < -0.39 is 9.84 Å². The molecule has 1 rings (SSSR count). The second-order valence-corrected chi connectivity index (χ2v) is 4.79. The average Bonchev–Trinajstić information content (AvgIpc) is 2.04.